The van der Waals surface area contributed by atoms with E-state index in [1.165, 1.54) is 0 Å². The van der Waals surface area contributed by atoms with E-state index < -0.39 is 11.5 Å². The predicted octanol–water partition coefficient (Wildman–Crippen LogP) is -0.116. The molecular formula is C9H16N2O2. The Hall–Kier alpha value is -0.610. The van der Waals surface area contributed by atoms with E-state index in [1.54, 1.807) is 0 Å². The van der Waals surface area contributed by atoms with Gasteiger partial charge >= 0.3 is 5.97 Å². The zero-order valence-electron chi connectivity index (χ0n) is 7.70. The Balaban J connectivity index is 2.12. The van der Waals surface area contributed by atoms with Crippen LogP contribution >= 0.6 is 0 Å². The zero-order valence-corrected chi connectivity index (χ0v) is 7.70. The molecule has 4 heteroatoms. The molecule has 74 valence electrons. The van der Waals surface area contributed by atoms with Crippen LogP contribution in [-0.2, 0) is 4.79 Å². The number of hydrogen-bond donors (Lipinski definition) is 2. The highest BCUT2D eigenvalue weighted by Crippen LogP contribution is 2.30. The molecule has 0 aromatic carbocycles. The second-order valence-electron chi connectivity index (χ2n) is 4.37. The summed E-state index contributed by atoms with van der Waals surface area (Å²) in [5, 5.41) is 9.01. The van der Waals surface area contributed by atoms with Crippen LogP contribution in [0.5, 0.6) is 0 Å². The predicted molar refractivity (Wildman–Crippen MR) is 48.3 cm³/mol. The molecule has 0 amide bonds. The standard InChI is InChI=1S/C9H16N2O2/c10-9(8(12)13)2-4-11-3-1-7(5-9)6-11/h7H,1-6,10H2,(H,12,13). The SMILES string of the molecule is NC1(C(=O)O)CCN2CCC(C2)C1. The van der Waals surface area contributed by atoms with Gasteiger partial charge in [0, 0.05) is 13.1 Å². The second-order valence-corrected chi connectivity index (χ2v) is 4.37. The first kappa shape index (κ1) is 8.97. The molecule has 4 nitrogen and oxygen atoms in total. The summed E-state index contributed by atoms with van der Waals surface area (Å²) >= 11 is 0. The summed E-state index contributed by atoms with van der Waals surface area (Å²) in [6.45, 7) is 3.02. The first-order valence-corrected chi connectivity index (χ1v) is 4.85. The molecule has 0 aromatic heterocycles. The minimum absolute atomic E-state index is 0.503. The van der Waals surface area contributed by atoms with Crippen LogP contribution in [0.2, 0.25) is 0 Å². The van der Waals surface area contributed by atoms with Gasteiger partial charge in [0.05, 0.1) is 0 Å². The lowest BCUT2D eigenvalue weighted by Gasteiger charge is -2.26. The normalized spacial score (nSPS) is 44.4. The lowest BCUT2D eigenvalue weighted by Crippen LogP contribution is -2.50. The molecule has 0 aromatic rings. The summed E-state index contributed by atoms with van der Waals surface area (Å²) in [6, 6.07) is 0. The summed E-state index contributed by atoms with van der Waals surface area (Å²) in [7, 11) is 0. The van der Waals surface area contributed by atoms with Crippen molar-refractivity contribution in [2.75, 3.05) is 19.6 Å². The van der Waals surface area contributed by atoms with E-state index in [1.807, 2.05) is 0 Å². The molecule has 0 spiro atoms. The van der Waals surface area contributed by atoms with Gasteiger partial charge < -0.3 is 15.7 Å². The van der Waals surface area contributed by atoms with Crippen LogP contribution < -0.4 is 5.73 Å². The van der Waals surface area contributed by atoms with Crippen LogP contribution in [0.1, 0.15) is 19.3 Å². The van der Waals surface area contributed by atoms with Crippen molar-refractivity contribution in [1.29, 1.82) is 0 Å². The van der Waals surface area contributed by atoms with E-state index in [2.05, 4.69) is 4.90 Å². The molecule has 2 heterocycles. The molecule has 2 aliphatic heterocycles. The highest BCUT2D eigenvalue weighted by molar-refractivity contribution is 5.78. The largest absolute Gasteiger partial charge is 0.480 e. The van der Waals surface area contributed by atoms with Crippen LogP contribution in [0.4, 0.5) is 0 Å². The van der Waals surface area contributed by atoms with Gasteiger partial charge in [-0.15, -0.1) is 0 Å². The molecule has 3 N–H and O–H groups in total. The van der Waals surface area contributed by atoms with Crippen molar-refractivity contribution in [2.45, 2.75) is 24.8 Å². The minimum Gasteiger partial charge on any atom is -0.480 e. The second kappa shape index (κ2) is 2.96. The van der Waals surface area contributed by atoms with Crippen LogP contribution in [0.3, 0.4) is 0 Å². The van der Waals surface area contributed by atoms with Gasteiger partial charge in [-0.05, 0) is 31.7 Å². The molecule has 3 unspecified atom stereocenters. The molecule has 13 heavy (non-hydrogen) atoms. The fraction of sp³-hybridized carbons (Fsp3) is 0.889. The maximum atomic E-state index is 11.0. The fourth-order valence-electron chi connectivity index (χ4n) is 2.45. The van der Waals surface area contributed by atoms with Crippen molar-refractivity contribution in [3.05, 3.63) is 0 Å². The Labute approximate surface area is 77.7 Å². The van der Waals surface area contributed by atoms with Gasteiger partial charge in [-0.25, -0.2) is 0 Å². The summed E-state index contributed by atoms with van der Waals surface area (Å²) in [5.74, 6) is -0.329. The Morgan fingerprint density at radius 1 is 1.54 bits per heavy atom. The third-order valence-corrected chi connectivity index (χ3v) is 3.32. The Kier molecular flexibility index (Phi) is 2.04. The zero-order chi connectivity index (χ0) is 9.47. The number of hydrogen-bond acceptors (Lipinski definition) is 3. The van der Waals surface area contributed by atoms with E-state index in [0.717, 1.165) is 26.1 Å². The molecule has 2 aliphatic rings. The Morgan fingerprint density at radius 2 is 2.31 bits per heavy atom. The number of carboxylic acid groups (broad SMARTS) is 1. The fourth-order valence-corrected chi connectivity index (χ4v) is 2.45. The summed E-state index contributed by atoms with van der Waals surface area (Å²) in [6.07, 6.45) is 2.36. The lowest BCUT2D eigenvalue weighted by atomic mass is 9.85. The molecule has 0 aliphatic carbocycles. The summed E-state index contributed by atoms with van der Waals surface area (Å²) in [4.78, 5) is 13.3. The van der Waals surface area contributed by atoms with Gasteiger partial charge in [-0.1, -0.05) is 0 Å². The van der Waals surface area contributed by atoms with Crippen LogP contribution in [-0.4, -0.2) is 41.1 Å². The van der Waals surface area contributed by atoms with Crippen LogP contribution in [0.15, 0.2) is 0 Å². The molecule has 2 bridgehead atoms. The molecule has 0 radical (unpaired) electrons. The van der Waals surface area contributed by atoms with Gasteiger partial charge in [0.2, 0.25) is 0 Å². The van der Waals surface area contributed by atoms with E-state index in [0.29, 0.717) is 18.8 Å². The molecule has 2 rings (SSSR count). The van der Waals surface area contributed by atoms with Crippen molar-refractivity contribution < 1.29 is 9.90 Å². The Morgan fingerprint density at radius 3 is 3.00 bits per heavy atom. The van der Waals surface area contributed by atoms with Gasteiger partial charge in [0.1, 0.15) is 5.54 Å². The third kappa shape index (κ3) is 1.56. The first-order chi connectivity index (χ1) is 6.10. The monoisotopic (exact) mass is 184 g/mol. The maximum absolute atomic E-state index is 11.0. The number of nitrogens with two attached hydrogens (primary N) is 1. The number of nitrogens with zero attached hydrogens (tertiary/aromatic N) is 1. The van der Waals surface area contributed by atoms with Crippen molar-refractivity contribution in [2.24, 2.45) is 11.7 Å². The van der Waals surface area contributed by atoms with Gasteiger partial charge in [-0.2, -0.15) is 0 Å². The molecule has 2 fully saturated rings. The van der Waals surface area contributed by atoms with Crippen molar-refractivity contribution in [3.63, 3.8) is 0 Å². The number of fused-ring (bicyclic) bond motifs is 2. The first-order valence-electron chi connectivity index (χ1n) is 4.85. The third-order valence-electron chi connectivity index (χ3n) is 3.32. The quantitative estimate of drug-likeness (QED) is 0.596. The number of rotatable bonds is 1. The minimum atomic E-state index is -0.958. The van der Waals surface area contributed by atoms with Gasteiger partial charge in [0.25, 0.3) is 0 Å². The average molecular weight is 184 g/mol. The topological polar surface area (TPSA) is 66.6 Å². The van der Waals surface area contributed by atoms with Crippen LogP contribution in [0, 0.1) is 5.92 Å². The van der Waals surface area contributed by atoms with E-state index in [4.69, 9.17) is 10.8 Å². The van der Waals surface area contributed by atoms with Gasteiger partial charge in [0.15, 0.2) is 0 Å². The smallest absolute Gasteiger partial charge is 0.323 e. The highest BCUT2D eigenvalue weighted by atomic mass is 16.4. The van der Waals surface area contributed by atoms with E-state index in [9.17, 15) is 4.79 Å². The molecular weight excluding hydrogens is 168 g/mol. The Bertz CT molecular complexity index is 232. The van der Waals surface area contributed by atoms with Crippen LogP contribution in [0.25, 0.3) is 0 Å². The number of carboxylic acids is 1. The number of carbonyl (C=O) groups is 1. The number of aliphatic carboxylic acids is 1. The summed E-state index contributed by atoms with van der Waals surface area (Å²) < 4.78 is 0. The average Bonchev–Trinajstić information content (AvgIpc) is 2.39. The van der Waals surface area contributed by atoms with Crippen molar-refractivity contribution in [1.82, 2.24) is 4.90 Å². The molecule has 0 saturated carbocycles. The van der Waals surface area contributed by atoms with Crippen molar-refractivity contribution in [3.8, 4) is 0 Å². The lowest BCUT2D eigenvalue weighted by molar-refractivity contribution is -0.144. The molecule has 2 saturated heterocycles. The van der Waals surface area contributed by atoms with E-state index >= 15 is 0 Å². The summed E-state index contributed by atoms with van der Waals surface area (Å²) in [5.41, 5.74) is 4.90. The van der Waals surface area contributed by atoms with E-state index in [-0.39, 0.29) is 0 Å². The van der Waals surface area contributed by atoms with Gasteiger partial charge in [-0.3, -0.25) is 4.79 Å². The van der Waals surface area contributed by atoms with Crippen molar-refractivity contribution >= 4 is 5.97 Å². The molecule has 3 atom stereocenters. The maximum Gasteiger partial charge on any atom is 0.323 e. The highest BCUT2D eigenvalue weighted by Gasteiger charge is 2.41.